The van der Waals surface area contributed by atoms with Gasteiger partial charge in [0, 0.05) is 6.92 Å². The van der Waals surface area contributed by atoms with Gasteiger partial charge in [0.25, 0.3) is 0 Å². The number of rotatable bonds is 5. The molecule has 0 bridgehead atoms. The summed E-state index contributed by atoms with van der Waals surface area (Å²) in [7, 11) is 0. The van der Waals surface area contributed by atoms with Crippen molar-refractivity contribution in [3.63, 3.8) is 0 Å². The summed E-state index contributed by atoms with van der Waals surface area (Å²) in [5.41, 5.74) is 3.44. The molecule has 0 radical (unpaired) electrons. The highest BCUT2D eigenvalue weighted by atomic mass is 16.7. The van der Waals surface area contributed by atoms with Crippen LogP contribution < -0.4 is 0 Å². The molecular weight excluding hydrogens is 448 g/mol. The minimum absolute atomic E-state index is 0.132. The predicted molar refractivity (Wildman–Crippen MR) is 136 cm³/mol. The quantitative estimate of drug-likeness (QED) is 0.385. The second kappa shape index (κ2) is 13.7. The van der Waals surface area contributed by atoms with Crippen LogP contribution in [-0.2, 0) is 19.0 Å². The SMILES string of the molecule is CC(=O)OCC1OC(OC(C)(C)[C@@H]2C/C=C(\C)CC/C=C(\C)CC/C=C(\C)CC2)C(O)C(O)C1O. The number of carbonyl (C=O) groups is 1. The smallest absolute Gasteiger partial charge is 0.302 e. The zero-order chi connectivity index (χ0) is 26.2. The van der Waals surface area contributed by atoms with Crippen LogP contribution in [0.2, 0.25) is 0 Å². The summed E-state index contributed by atoms with van der Waals surface area (Å²) in [6.07, 6.45) is 7.33. The summed E-state index contributed by atoms with van der Waals surface area (Å²) < 4.78 is 17.1. The van der Waals surface area contributed by atoms with Crippen LogP contribution in [0.1, 0.15) is 86.5 Å². The average molecular weight is 495 g/mol. The Hall–Kier alpha value is -1.51. The molecule has 6 atom stereocenters. The van der Waals surface area contributed by atoms with Gasteiger partial charge in [-0.05, 0) is 85.5 Å². The van der Waals surface area contributed by atoms with Crippen molar-refractivity contribution in [3.05, 3.63) is 34.9 Å². The maximum Gasteiger partial charge on any atom is 0.302 e. The van der Waals surface area contributed by atoms with Gasteiger partial charge in [-0.25, -0.2) is 0 Å². The number of esters is 1. The molecule has 7 heteroatoms. The summed E-state index contributed by atoms with van der Waals surface area (Å²) in [6, 6.07) is 0. The van der Waals surface area contributed by atoms with Crippen LogP contribution in [0.5, 0.6) is 0 Å². The van der Waals surface area contributed by atoms with E-state index in [9.17, 15) is 20.1 Å². The Balaban J connectivity index is 2.18. The lowest BCUT2D eigenvalue weighted by molar-refractivity contribution is -0.328. The minimum atomic E-state index is -1.47. The normalized spacial score (nSPS) is 36.5. The van der Waals surface area contributed by atoms with Crippen molar-refractivity contribution in [3.8, 4) is 0 Å². The van der Waals surface area contributed by atoms with Crippen molar-refractivity contribution >= 4 is 5.97 Å². The molecular formula is C28H46O7. The maximum absolute atomic E-state index is 11.2. The molecule has 200 valence electrons. The van der Waals surface area contributed by atoms with E-state index in [1.807, 2.05) is 13.8 Å². The average Bonchev–Trinajstić information content (AvgIpc) is 2.77. The van der Waals surface area contributed by atoms with E-state index in [1.165, 1.54) is 23.6 Å². The van der Waals surface area contributed by atoms with E-state index in [-0.39, 0.29) is 12.5 Å². The fourth-order valence-corrected chi connectivity index (χ4v) is 4.64. The Kier molecular flexibility index (Phi) is 11.6. The fourth-order valence-electron chi connectivity index (χ4n) is 4.64. The number of hydrogen-bond acceptors (Lipinski definition) is 7. The first-order valence-corrected chi connectivity index (χ1v) is 12.9. The summed E-state index contributed by atoms with van der Waals surface area (Å²) in [5.74, 6) is -0.386. The fraction of sp³-hybridized carbons (Fsp3) is 0.750. The third kappa shape index (κ3) is 9.47. The molecule has 2 aliphatic rings. The van der Waals surface area contributed by atoms with Crippen molar-refractivity contribution in [2.45, 2.75) is 123 Å². The molecule has 1 aliphatic heterocycles. The van der Waals surface area contributed by atoms with Crippen molar-refractivity contribution < 1.29 is 34.3 Å². The van der Waals surface area contributed by atoms with Crippen LogP contribution in [0, 0.1) is 5.92 Å². The summed E-state index contributed by atoms with van der Waals surface area (Å²) in [4.78, 5) is 11.2. The van der Waals surface area contributed by atoms with Gasteiger partial charge in [-0.2, -0.15) is 0 Å². The Morgan fingerprint density at radius 1 is 0.943 bits per heavy atom. The molecule has 1 heterocycles. The maximum atomic E-state index is 11.2. The van der Waals surface area contributed by atoms with E-state index in [4.69, 9.17) is 14.2 Å². The van der Waals surface area contributed by atoms with Crippen molar-refractivity contribution in [1.82, 2.24) is 0 Å². The second-order valence-electron chi connectivity index (χ2n) is 10.7. The minimum Gasteiger partial charge on any atom is -0.463 e. The molecule has 1 fully saturated rings. The highest BCUT2D eigenvalue weighted by Crippen LogP contribution is 2.35. The highest BCUT2D eigenvalue weighted by molar-refractivity contribution is 5.65. The highest BCUT2D eigenvalue weighted by Gasteiger charge is 2.47. The van der Waals surface area contributed by atoms with Crippen LogP contribution in [0.3, 0.4) is 0 Å². The van der Waals surface area contributed by atoms with Gasteiger partial charge in [0.2, 0.25) is 0 Å². The van der Waals surface area contributed by atoms with E-state index in [0.717, 1.165) is 44.9 Å². The molecule has 0 aromatic heterocycles. The monoisotopic (exact) mass is 494 g/mol. The first kappa shape index (κ1) is 29.7. The molecule has 35 heavy (non-hydrogen) atoms. The molecule has 0 amide bonds. The van der Waals surface area contributed by atoms with Crippen LogP contribution in [0.15, 0.2) is 34.9 Å². The van der Waals surface area contributed by atoms with Crippen LogP contribution in [0.4, 0.5) is 0 Å². The largest absolute Gasteiger partial charge is 0.463 e. The lowest BCUT2D eigenvalue weighted by Crippen LogP contribution is -2.61. The lowest BCUT2D eigenvalue weighted by Gasteiger charge is -2.44. The summed E-state index contributed by atoms with van der Waals surface area (Å²) in [6.45, 7) is 11.5. The van der Waals surface area contributed by atoms with Crippen LogP contribution >= 0.6 is 0 Å². The molecule has 0 aromatic rings. The number of ether oxygens (including phenoxy) is 3. The van der Waals surface area contributed by atoms with Crippen molar-refractivity contribution in [2.24, 2.45) is 5.92 Å². The molecule has 3 N–H and O–H groups in total. The van der Waals surface area contributed by atoms with Crippen LogP contribution in [-0.4, -0.2) is 64.2 Å². The van der Waals surface area contributed by atoms with Crippen molar-refractivity contribution in [2.75, 3.05) is 6.61 Å². The molecule has 1 saturated heterocycles. The number of aliphatic hydroxyl groups is 3. The number of allylic oxidation sites excluding steroid dienone is 6. The Morgan fingerprint density at radius 2 is 1.51 bits per heavy atom. The predicted octanol–water partition coefficient (Wildman–Crippen LogP) is 4.35. The summed E-state index contributed by atoms with van der Waals surface area (Å²) in [5, 5.41) is 31.2. The van der Waals surface area contributed by atoms with Gasteiger partial charge < -0.3 is 29.5 Å². The zero-order valence-electron chi connectivity index (χ0n) is 22.3. The van der Waals surface area contributed by atoms with Gasteiger partial charge in [0.15, 0.2) is 6.29 Å². The van der Waals surface area contributed by atoms with E-state index in [0.29, 0.717) is 0 Å². The van der Waals surface area contributed by atoms with Gasteiger partial charge in [-0.15, -0.1) is 0 Å². The Morgan fingerprint density at radius 3 is 2.11 bits per heavy atom. The Labute approximate surface area is 210 Å². The molecule has 0 saturated carbocycles. The zero-order valence-corrected chi connectivity index (χ0v) is 22.3. The van der Waals surface area contributed by atoms with Gasteiger partial charge in [-0.1, -0.05) is 34.9 Å². The molecule has 0 spiro atoms. The second-order valence-corrected chi connectivity index (χ2v) is 10.7. The van der Waals surface area contributed by atoms with Gasteiger partial charge in [-0.3, -0.25) is 4.79 Å². The first-order chi connectivity index (χ1) is 16.4. The van der Waals surface area contributed by atoms with E-state index in [1.54, 1.807) is 0 Å². The molecule has 2 rings (SSSR count). The molecule has 5 unspecified atom stereocenters. The first-order valence-electron chi connectivity index (χ1n) is 12.9. The number of aliphatic hydroxyl groups excluding tert-OH is 3. The van der Waals surface area contributed by atoms with Crippen molar-refractivity contribution in [1.29, 1.82) is 0 Å². The van der Waals surface area contributed by atoms with Crippen LogP contribution in [0.25, 0.3) is 0 Å². The number of hydrogen-bond donors (Lipinski definition) is 3. The number of carbonyl (C=O) groups excluding carboxylic acids is 1. The standard InChI is InChI=1S/C28H46O7/c1-18-9-7-11-19(2)13-15-22(16-14-20(3)12-8-10-18)28(5,6)35-27-26(32)25(31)24(30)23(34-27)17-33-21(4)29/h9,12-13,22-27,30-32H,7-8,10-11,14-17H2,1-6H3/b18-9+,19-13+,20-12+/t22-,23?,24?,25?,26?,27?/m1/s1. The van der Waals surface area contributed by atoms with Gasteiger partial charge in [0.05, 0.1) is 5.60 Å². The topological polar surface area (TPSA) is 105 Å². The van der Waals surface area contributed by atoms with Gasteiger partial charge in [0.1, 0.15) is 31.0 Å². The van der Waals surface area contributed by atoms with E-state index >= 15 is 0 Å². The third-order valence-electron chi connectivity index (χ3n) is 7.22. The van der Waals surface area contributed by atoms with E-state index in [2.05, 4.69) is 39.0 Å². The van der Waals surface area contributed by atoms with E-state index < -0.39 is 42.3 Å². The lowest BCUT2D eigenvalue weighted by atomic mass is 9.82. The molecule has 7 nitrogen and oxygen atoms in total. The molecule has 1 aliphatic carbocycles. The summed E-state index contributed by atoms with van der Waals surface area (Å²) >= 11 is 0. The molecule has 0 aromatic carbocycles. The van der Waals surface area contributed by atoms with Gasteiger partial charge >= 0.3 is 5.97 Å². The third-order valence-corrected chi connectivity index (χ3v) is 7.22. The Bertz CT molecular complexity index is 782.